The first-order valence-corrected chi connectivity index (χ1v) is 8.01. The zero-order chi connectivity index (χ0) is 14.7. The first-order chi connectivity index (χ1) is 10.3. The number of carbonyl (C=O) groups is 1. The van der Waals surface area contributed by atoms with Gasteiger partial charge in [-0.3, -0.25) is 4.79 Å². The summed E-state index contributed by atoms with van der Waals surface area (Å²) in [5, 5.41) is 6.57. The molecule has 2 N–H and O–H groups in total. The van der Waals surface area contributed by atoms with E-state index in [2.05, 4.69) is 35.8 Å². The lowest BCUT2D eigenvalue weighted by atomic mass is 9.87. The molecule has 2 heterocycles. The summed E-state index contributed by atoms with van der Waals surface area (Å²) < 4.78 is 5.66. The van der Waals surface area contributed by atoms with Crippen molar-refractivity contribution in [3.63, 3.8) is 0 Å². The topological polar surface area (TPSA) is 50.4 Å². The minimum atomic E-state index is 0.124. The zero-order valence-corrected chi connectivity index (χ0v) is 12.7. The molecule has 0 bridgehead atoms. The van der Waals surface area contributed by atoms with Crippen molar-refractivity contribution in [3.8, 4) is 0 Å². The van der Waals surface area contributed by atoms with Crippen LogP contribution < -0.4 is 10.6 Å². The number of ether oxygens (including phenoxy) is 1. The van der Waals surface area contributed by atoms with Crippen molar-refractivity contribution in [3.05, 3.63) is 29.3 Å². The van der Waals surface area contributed by atoms with Gasteiger partial charge < -0.3 is 15.4 Å². The lowest BCUT2D eigenvalue weighted by molar-refractivity contribution is -0.116. The molecule has 1 fully saturated rings. The molecule has 21 heavy (non-hydrogen) atoms. The second kappa shape index (κ2) is 6.58. The van der Waals surface area contributed by atoms with Crippen LogP contribution in [0, 0.1) is 5.92 Å². The largest absolute Gasteiger partial charge is 0.381 e. The van der Waals surface area contributed by atoms with Gasteiger partial charge in [-0.1, -0.05) is 19.1 Å². The molecule has 2 atom stereocenters. The lowest BCUT2D eigenvalue weighted by Gasteiger charge is -2.32. The third-order valence-electron chi connectivity index (χ3n) is 4.47. The number of carbonyl (C=O) groups excluding carboxylic acids is 1. The van der Waals surface area contributed by atoms with Gasteiger partial charge in [-0.05, 0) is 43.0 Å². The van der Waals surface area contributed by atoms with Crippen LogP contribution in [-0.2, 0) is 16.0 Å². The number of benzene rings is 1. The Kier molecular flexibility index (Phi) is 4.56. The summed E-state index contributed by atoms with van der Waals surface area (Å²) in [4.78, 5) is 11.5. The molecule has 4 heteroatoms. The lowest BCUT2D eigenvalue weighted by Crippen LogP contribution is -2.33. The van der Waals surface area contributed by atoms with Crippen LogP contribution in [0.4, 0.5) is 5.69 Å². The van der Waals surface area contributed by atoms with Gasteiger partial charge in [0.25, 0.3) is 0 Å². The van der Waals surface area contributed by atoms with Gasteiger partial charge in [0.15, 0.2) is 0 Å². The fourth-order valence-corrected chi connectivity index (χ4v) is 3.40. The van der Waals surface area contributed by atoms with Crippen LogP contribution in [0.5, 0.6) is 0 Å². The highest BCUT2D eigenvalue weighted by molar-refractivity contribution is 5.93. The van der Waals surface area contributed by atoms with Crippen molar-refractivity contribution in [1.82, 2.24) is 5.32 Å². The summed E-state index contributed by atoms with van der Waals surface area (Å²) >= 11 is 0. The van der Waals surface area contributed by atoms with Crippen molar-refractivity contribution in [2.75, 3.05) is 25.1 Å². The van der Waals surface area contributed by atoms with E-state index in [1.165, 1.54) is 17.5 Å². The van der Waals surface area contributed by atoms with Gasteiger partial charge in [0.2, 0.25) is 5.91 Å². The maximum Gasteiger partial charge on any atom is 0.224 e. The molecule has 0 saturated carbocycles. The normalized spacial score (nSPS) is 23.3. The Labute approximate surface area is 126 Å². The molecular weight excluding hydrogens is 264 g/mol. The van der Waals surface area contributed by atoms with E-state index in [1.807, 2.05) is 0 Å². The van der Waals surface area contributed by atoms with Gasteiger partial charge >= 0.3 is 0 Å². The summed E-state index contributed by atoms with van der Waals surface area (Å²) in [7, 11) is 0. The monoisotopic (exact) mass is 288 g/mol. The van der Waals surface area contributed by atoms with Crippen LogP contribution in [0.25, 0.3) is 0 Å². The Morgan fingerprint density at radius 3 is 3.10 bits per heavy atom. The number of anilines is 1. The Morgan fingerprint density at radius 1 is 1.43 bits per heavy atom. The molecule has 2 aliphatic heterocycles. The van der Waals surface area contributed by atoms with E-state index in [0.29, 0.717) is 18.4 Å². The van der Waals surface area contributed by atoms with E-state index in [9.17, 15) is 4.79 Å². The quantitative estimate of drug-likeness (QED) is 0.895. The van der Waals surface area contributed by atoms with E-state index in [4.69, 9.17) is 4.74 Å². The minimum Gasteiger partial charge on any atom is -0.381 e. The van der Waals surface area contributed by atoms with Crippen LogP contribution in [0.2, 0.25) is 0 Å². The Hall–Kier alpha value is -1.39. The van der Waals surface area contributed by atoms with Crippen LogP contribution in [0.3, 0.4) is 0 Å². The Morgan fingerprint density at radius 2 is 2.33 bits per heavy atom. The van der Waals surface area contributed by atoms with Gasteiger partial charge in [-0.25, -0.2) is 0 Å². The van der Waals surface area contributed by atoms with Crippen molar-refractivity contribution in [2.45, 2.75) is 38.6 Å². The van der Waals surface area contributed by atoms with Gasteiger partial charge in [-0.15, -0.1) is 0 Å². The number of hydrogen-bond donors (Lipinski definition) is 2. The summed E-state index contributed by atoms with van der Waals surface area (Å²) in [5.74, 6) is 0.661. The van der Waals surface area contributed by atoms with Gasteiger partial charge in [-0.2, -0.15) is 0 Å². The van der Waals surface area contributed by atoms with E-state index in [-0.39, 0.29) is 5.91 Å². The average Bonchev–Trinajstić information content (AvgIpc) is 2.53. The summed E-state index contributed by atoms with van der Waals surface area (Å²) in [6.07, 6.45) is 3.79. The average molecular weight is 288 g/mol. The number of aryl methyl sites for hydroxylation is 1. The van der Waals surface area contributed by atoms with Crippen molar-refractivity contribution >= 4 is 11.6 Å². The first-order valence-electron chi connectivity index (χ1n) is 8.01. The third-order valence-corrected chi connectivity index (χ3v) is 4.47. The van der Waals surface area contributed by atoms with Gasteiger partial charge in [0.05, 0.1) is 6.61 Å². The smallest absolute Gasteiger partial charge is 0.224 e. The third kappa shape index (κ3) is 3.27. The van der Waals surface area contributed by atoms with Crippen molar-refractivity contribution in [2.24, 2.45) is 5.92 Å². The second-order valence-corrected chi connectivity index (χ2v) is 5.98. The number of rotatable bonds is 4. The molecule has 1 amide bonds. The van der Waals surface area contributed by atoms with E-state index in [0.717, 1.165) is 38.3 Å². The molecule has 0 aromatic heterocycles. The van der Waals surface area contributed by atoms with Crippen LogP contribution in [0.1, 0.15) is 43.4 Å². The van der Waals surface area contributed by atoms with Crippen LogP contribution in [-0.4, -0.2) is 25.7 Å². The van der Waals surface area contributed by atoms with E-state index < -0.39 is 0 Å². The van der Waals surface area contributed by atoms with E-state index >= 15 is 0 Å². The molecule has 0 radical (unpaired) electrons. The maximum atomic E-state index is 11.5. The molecule has 4 nitrogen and oxygen atoms in total. The van der Waals surface area contributed by atoms with Gasteiger partial charge in [0.1, 0.15) is 0 Å². The van der Waals surface area contributed by atoms with Gasteiger partial charge in [0, 0.05) is 30.7 Å². The van der Waals surface area contributed by atoms with Crippen LogP contribution in [0.15, 0.2) is 18.2 Å². The molecule has 1 aromatic rings. The van der Waals surface area contributed by atoms with E-state index in [1.54, 1.807) is 0 Å². The Balaban J connectivity index is 1.83. The number of hydrogen-bond acceptors (Lipinski definition) is 3. The van der Waals surface area contributed by atoms with Crippen LogP contribution >= 0.6 is 0 Å². The number of amides is 1. The predicted molar refractivity (Wildman–Crippen MR) is 83.4 cm³/mol. The summed E-state index contributed by atoms with van der Waals surface area (Å²) in [6, 6.07) is 6.80. The molecule has 114 valence electrons. The molecule has 2 aliphatic rings. The molecule has 0 spiro atoms. The zero-order valence-electron chi connectivity index (χ0n) is 12.7. The fraction of sp³-hybridized carbons (Fsp3) is 0.588. The molecule has 2 unspecified atom stereocenters. The summed E-state index contributed by atoms with van der Waals surface area (Å²) in [5.41, 5.74) is 3.55. The van der Waals surface area contributed by atoms with Crippen molar-refractivity contribution < 1.29 is 9.53 Å². The summed E-state index contributed by atoms with van der Waals surface area (Å²) in [6.45, 7) is 4.83. The molecule has 1 aromatic carbocycles. The standard InChI is InChI=1S/C17H24N2O2/c1-2-18-17(14-4-3-9-21-11-14)13-5-7-15-12(10-13)6-8-16(20)19-15/h5,7,10,14,17-18H,2-4,6,8-9,11H2,1H3,(H,19,20). The SMILES string of the molecule is CCNC(c1ccc2c(c1)CCC(=O)N2)C1CCCOC1. The second-order valence-electron chi connectivity index (χ2n) is 5.98. The highest BCUT2D eigenvalue weighted by atomic mass is 16.5. The molecule has 0 aliphatic carbocycles. The maximum absolute atomic E-state index is 11.5. The molecule has 3 rings (SSSR count). The number of nitrogens with one attached hydrogen (secondary N) is 2. The van der Waals surface area contributed by atoms with Crippen molar-refractivity contribution in [1.29, 1.82) is 0 Å². The fourth-order valence-electron chi connectivity index (χ4n) is 3.40. The highest BCUT2D eigenvalue weighted by Gasteiger charge is 2.26. The molecular formula is C17H24N2O2. The first kappa shape index (κ1) is 14.5. The highest BCUT2D eigenvalue weighted by Crippen LogP contribution is 2.32. The number of fused-ring (bicyclic) bond motifs is 1. The minimum absolute atomic E-state index is 0.124. The molecule has 1 saturated heterocycles. The Bertz CT molecular complexity index is 510. The predicted octanol–water partition coefficient (Wildman–Crippen LogP) is 2.65.